The molecule has 7 heteroatoms. The van der Waals surface area contributed by atoms with Crippen LogP contribution in [-0.2, 0) is 20.1 Å². The summed E-state index contributed by atoms with van der Waals surface area (Å²) in [5.74, 6) is 0. The van der Waals surface area contributed by atoms with Gasteiger partial charge < -0.3 is 0 Å². The average molecular weight is 347 g/mol. The molecule has 0 saturated heterocycles. The smallest absolute Gasteiger partial charge is 0.272 e. The van der Waals surface area contributed by atoms with Crippen molar-refractivity contribution in [3.05, 3.63) is 92.6 Å². The van der Waals surface area contributed by atoms with Crippen LogP contribution in [0.2, 0.25) is 0 Å². The van der Waals surface area contributed by atoms with Crippen molar-refractivity contribution in [1.82, 2.24) is 24.1 Å². The summed E-state index contributed by atoms with van der Waals surface area (Å²) in [4.78, 5) is 25.2. The first-order chi connectivity index (χ1) is 12.6. The third-order valence-electron chi connectivity index (χ3n) is 4.35. The lowest BCUT2D eigenvalue weighted by atomic mass is 10.2. The summed E-state index contributed by atoms with van der Waals surface area (Å²) in [6.07, 6.45) is 0. The fraction of sp³-hybridized carbons (Fsp3) is 0.158. The zero-order chi connectivity index (χ0) is 18.1. The van der Waals surface area contributed by atoms with Gasteiger partial charge in [0.1, 0.15) is 0 Å². The summed E-state index contributed by atoms with van der Waals surface area (Å²) in [5, 5.41) is 8.17. The number of fused-ring (bicyclic) bond motifs is 1. The Morgan fingerprint density at radius 2 is 1.42 bits per heavy atom. The van der Waals surface area contributed by atoms with Crippen molar-refractivity contribution >= 4 is 11.2 Å². The molecule has 4 rings (SSSR count). The predicted octanol–water partition coefficient (Wildman–Crippen LogP) is 1.39. The van der Waals surface area contributed by atoms with Gasteiger partial charge in [-0.1, -0.05) is 65.9 Å². The van der Waals surface area contributed by atoms with Crippen LogP contribution in [0.1, 0.15) is 11.1 Å². The number of benzene rings is 2. The highest BCUT2D eigenvalue weighted by Crippen LogP contribution is 2.11. The van der Waals surface area contributed by atoms with Gasteiger partial charge in [-0.3, -0.25) is 13.9 Å². The number of hydrogen-bond acceptors (Lipinski definition) is 4. The largest absolute Gasteiger partial charge is 0.332 e. The van der Waals surface area contributed by atoms with E-state index in [2.05, 4.69) is 10.3 Å². The molecular formula is C19H17N5O2. The van der Waals surface area contributed by atoms with Crippen molar-refractivity contribution in [2.75, 3.05) is 0 Å². The molecular weight excluding hydrogens is 330 g/mol. The van der Waals surface area contributed by atoms with Crippen LogP contribution in [0.4, 0.5) is 0 Å². The Bertz CT molecular complexity index is 1170. The number of aromatic nitrogens is 5. The highest BCUT2D eigenvalue weighted by atomic mass is 16.2. The number of nitrogens with zero attached hydrogens (tertiary/aromatic N) is 5. The Morgan fingerprint density at radius 3 is 2.04 bits per heavy atom. The second-order valence-corrected chi connectivity index (χ2v) is 6.12. The van der Waals surface area contributed by atoms with E-state index in [1.807, 2.05) is 60.7 Å². The van der Waals surface area contributed by atoms with Crippen molar-refractivity contribution in [1.29, 1.82) is 0 Å². The maximum atomic E-state index is 12.8. The first kappa shape index (κ1) is 16.0. The molecule has 2 heterocycles. The summed E-state index contributed by atoms with van der Waals surface area (Å²) < 4.78 is 4.23. The van der Waals surface area contributed by atoms with Gasteiger partial charge in [-0.15, -0.1) is 5.10 Å². The molecule has 2 aromatic heterocycles. The SMILES string of the molecule is Cn1c(=O)c2nnn(Cc3ccccc3)c2n(Cc2ccccc2)c1=O. The molecule has 0 aliphatic heterocycles. The minimum Gasteiger partial charge on any atom is -0.272 e. The van der Waals surface area contributed by atoms with Gasteiger partial charge in [0.2, 0.25) is 0 Å². The van der Waals surface area contributed by atoms with E-state index < -0.39 is 5.56 Å². The highest BCUT2D eigenvalue weighted by Gasteiger charge is 2.18. The van der Waals surface area contributed by atoms with Gasteiger partial charge in [-0.05, 0) is 11.1 Å². The predicted molar refractivity (Wildman–Crippen MR) is 98.1 cm³/mol. The van der Waals surface area contributed by atoms with E-state index in [1.54, 1.807) is 9.25 Å². The zero-order valence-corrected chi connectivity index (χ0v) is 14.2. The molecule has 4 aromatic rings. The summed E-state index contributed by atoms with van der Waals surface area (Å²) in [6.45, 7) is 0.769. The molecule has 0 radical (unpaired) electrons. The Kier molecular flexibility index (Phi) is 3.96. The van der Waals surface area contributed by atoms with Gasteiger partial charge in [-0.2, -0.15) is 0 Å². The second-order valence-electron chi connectivity index (χ2n) is 6.12. The van der Waals surface area contributed by atoms with E-state index >= 15 is 0 Å². The van der Waals surface area contributed by atoms with Crippen molar-refractivity contribution in [3.63, 3.8) is 0 Å². The van der Waals surface area contributed by atoms with Crippen molar-refractivity contribution in [2.45, 2.75) is 13.1 Å². The highest BCUT2D eigenvalue weighted by molar-refractivity contribution is 5.69. The van der Waals surface area contributed by atoms with Crippen LogP contribution >= 0.6 is 0 Å². The molecule has 0 fully saturated rings. The first-order valence-electron chi connectivity index (χ1n) is 8.26. The molecule has 130 valence electrons. The van der Waals surface area contributed by atoms with E-state index in [4.69, 9.17) is 0 Å². The second kappa shape index (κ2) is 6.44. The molecule has 0 bridgehead atoms. The number of rotatable bonds is 4. The third-order valence-corrected chi connectivity index (χ3v) is 4.35. The fourth-order valence-electron chi connectivity index (χ4n) is 3.00. The third kappa shape index (κ3) is 2.73. The lowest BCUT2D eigenvalue weighted by Gasteiger charge is -2.11. The van der Waals surface area contributed by atoms with Crippen LogP contribution < -0.4 is 11.2 Å². The van der Waals surface area contributed by atoms with Gasteiger partial charge in [0.05, 0.1) is 13.1 Å². The fourth-order valence-corrected chi connectivity index (χ4v) is 3.00. The summed E-state index contributed by atoms with van der Waals surface area (Å²) in [5.41, 5.74) is 1.78. The van der Waals surface area contributed by atoms with Crippen LogP contribution in [0.25, 0.3) is 11.2 Å². The van der Waals surface area contributed by atoms with Gasteiger partial charge in [-0.25, -0.2) is 9.48 Å². The molecule has 0 unspecified atom stereocenters. The maximum Gasteiger partial charge on any atom is 0.332 e. The Balaban J connectivity index is 1.92. The minimum atomic E-state index is -0.436. The Hall–Kier alpha value is -3.48. The molecule has 26 heavy (non-hydrogen) atoms. The average Bonchev–Trinajstić information content (AvgIpc) is 3.09. The van der Waals surface area contributed by atoms with Gasteiger partial charge in [0.15, 0.2) is 11.2 Å². The monoisotopic (exact) mass is 347 g/mol. The lowest BCUT2D eigenvalue weighted by molar-refractivity contribution is 0.618. The minimum absolute atomic E-state index is 0.193. The molecule has 0 aliphatic carbocycles. The summed E-state index contributed by atoms with van der Waals surface area (Å²) >= 11 is 0. The van der Waals surface area contributed by atoms with Crippen LogP contribution in [-0.4, -0.2) is 24.1 Å². The van der Waals surface area contributed by atoms with Gasteiger partial charge >= 0.3 is 5.69 Å². The van der Waals surface area contributed by atoms with E-state index in [1.165, 1.54) is 7.05 Å². The Morgan fingerprint density at radius 1 is 0.846 bits per heavy atom. The standard InChI is InChI=1S/C19H17N5O2/c1-22-18(25)16-17(23(19(22)26)12-14-8-4-2-5-9-14)24(21-20-16)13-15-10-6-3-7-11-15/h2-11H,12-13H2,1H3. The van der Waals surface area contributed by atoms with Gasteiger partial charge in [0, 0.05) is 7.05 Å². The molecule has 2 aromatic carbocycles. The molecule has 0 atom stereocenters. The van der Waals surface area contributed by atoms with Crippen molar-refractivity contribution in [2.24, 2.45) is 7.05 Å². The van der Waals surface area contributed by atoms with Crippen LogP contribution in [0.3, 0.4) is 0 Å². The topological polar surface area (TPSA) is 74.7 Å². The van der Waals surface area contributed by atoms with Crippen molar-refractivity contribution in [3.8, 4) is 0 Å². The van der Waals surface area contributed by atoms with Gasteiger partial charge in [0.25, 0.3) is 5.56 Å². The molecule has 0 saturated carbocycles. The summed E-state index contributed by atoms with van der Waals surface area (Å²) in [6, 6.07) is 19.4. The van der Waals surface area contributed by atoms with E-state index in [0.717, 1.165) is 15.7 Å². The summed E-state index contributed by atoms with van der Waals surface area (Å²) in [7, 11) is 1.46. The quantitative estimate of drug-likeness (QED) is 0.559. The number of hydrogen-bond donors (Lipinski definition) is 0. The normalized spacial score (nSPS) is 11.1. The molecule has 0 aliphatic rings. The Labute approximate surface area is 148 Å². The maximum absolute atomic E-state index is 12.8. The van der Waals surface area contributed by atoms with Crippen molar-refractivity contribution < 1.29 is 0 Å². The molecule has 0 N–H and O–H groups in total. The lowest BCUT2D eigenvalue weighted by Crippen LogP contribution is -2.39. The zero-order valence-electron chi connectivity index (χ0n) is 14.2. The first-order valence-corrected chi connectivity index (χ1v) is 8.26. The molecule has 0 amide bonds. The van der Waals surface area contributed by atoms with E-state index in [0.29, 0.717) is 18.7 Å². The van der Waals surface area contributed by atoms with Crippen LogP contribution in [0.5, 0.6) is 0 Å². The van der Waals surface area contributed by atoms with Crippen LogP contribution in [0.15, 0.2) is 70.3 Å². The molecule has 7 nitrogen and oxygen atoms in total. The van der Waals surface area contributed by atoms with E-state index in [9.17, 15) is 9.59 Å². The van der Waals surface area contributed by atoms with E-state index in [-0.39, 0.29) is 11.2 Å². The molecule has 0 spiro atoms. The van der Waals surface area contributed by atoms with Crippen LogP contribution in [0, 0.1) is 0 Å².